The summed E-state index contributed by atoms with van der Waals surface area (Å²) in [6.07, 6.45) is -0.931. The standard InChI is InChI=1S/C15H20F3N3O3/c1-10-13(15(16,17)18)23-7-6-21(10)14(22)12-3-2-11(24-12)8-20-5-4-19-9-20/h4-5,9-13H,2-3,6-8H2,1H3/t10?,11-,12+,13?/m1/s1. The topological polar surface area (TPSA) is 56.6 Å². The molecule has 9 heteroatoms. The molecule has 0 aromatic carbocycles. The molecule has 0 aliphatic carbocycles. The molecule has 4 atom stereocenters. The first kappa shape index (κ1) is 17.2. The second kappa shape index (κ2) is 6.72. The number of ether oxygens (including phenoxy) is 2. The van der Waals surface area contributed by atoms with E-state index < -0.39 is 24.4 Å². The molecule has 2 aliphatic rings. The van der Waals surface area contributed by atoms with E-state index in [-0.39, 0.29) is 25.2 Å². The van der Waals surface area contributed by atoms with Crippen molar-refractivity contribution in [1.82, 2.24) is 14.5 Å². The van der Waals surface area contributed by atoms with Crippen LogP contribution in [0.2, 0.25) is 0 Å². The number of nitrogens with zero attached hydrogens (tertiary/aromatic N) is 3. The number of carbonyl (C=O) groups is 1. The lowest BCUT2D eigenvalue weighted by molar-refractivity contribution is -0.251. The van der Waals surface area contributed by atoms with E-state index in [0.717, 1.165) is 0 Å². The summed E-state index contributed by atoms with van der Waals surface area (Å²) in [7, 11) is 0. The molecule has 2 fully saturated rings. The number of hydrogen-bond donors (Lipinski definition) is 0. The van der Waals surface area contributed by atoms with Crippen LogP contribution in [-0.2, 0) is 20.8 Å². The molecule has 3 heterocycles. The molecule has 2 saturated heterocycles. The number of alkyl halides is 3. The smallest absolute Gasteiger partial charge is 0.365 e. The molecule has 0 bridgehead atoms. The Bertz CT molecular complexity index is 564. The van der Waals surface area contributed by atoms with Crippen molar-refractivity contribution in [2.75, 3.05) is 13.2 Å². The monoisotopic (exact) mass is 347 g/mol. The highest BCUT2D eigenvalue weighted by atomic mass is 19.4. The van der Waals surface area contributed by atoms with Gasteiger partial charge in [-0.2, -0.15) is 13.2 Å². The maximum atomic E-state index is 13.0. The number of rotatable bonds is 3. The summed E-state index contributed by atoms with van der Waals surface area (Å²) >= 11 is 0. The van der Waals surface area contributed by atoms with Crippen molar-refractivity contribution < 1.29 is 27.4 Å². The number of aromatic nitrogens is 2. The zero-order valence-corrected chi connectivity index (χ0v) is 13.3. The van der Waals surface area contributed by atoms with E-state index in [1.165, 1.54) is 11.8 Å². The van der Waals surface area contributed by atoms with Gasteiger partial charge >= 0.3 is 6.18 Å². The molecule has 2 aliphatic heterocycles. The van der Waals surface area contributed by atoms with Crippen LogP contribution in [0.1, 0.15) is 19.8 Å². The van der Waals surface area contributed by atoms with Crippen molar-refractivity contribution in [2.45, 2.75) is 56.8 Å². The summed E-state index contributed by atoms with van der Waals surface area (Å²) in [5.41, 5.74) is 0. The zero-order valence-electron chi connectivity index (χ0n) is 13.3. The molecule has 134 valence electrons. The van der Waals surface area contributed by atoms with Gasteiger partial charge in [0.15, 0.2) is 6.10 Å². The predicted molar refractivity (Wildman–Crippen MR) is 77.1 cm³/mol. The van der Waals surface area contributed by atoms with Crippen LogP contribution in [0.5, 0.6) is 0 Å². The van der Waals surface area contributed by atoms with Crippen LogP contribution in [-0.4, -0.2) is 64.0 Å². The van der Waals surface area contributed by atoms with Crippen LogP contribution in [0.4, 0.5) is 13.2 Å². The van der Waals surface area contributed by atoms with E-state index >= 15 is 0 Å². The molecule has 6 nitrogen and oxygen atoms in total. The summed E-state index contributed by atoms with van der Waals surface area (Å²) in [6, 6.07) is -1.05. The van der Waals surface area contributed by atoms with Crippen molar-refractivity contribution in [3.63, 3.8) is 0 Å². The maximum absolute atomic E-state index is 13.0. The molecule has 0 N–H and O–H groups in total. The third-order valence-corrected chi connectivity index (χ3v) is 4.52. The Kier molecular flexibility index (Phi) is 4.82. The van der Waals surface area contributed by atoms with Gasteiger partial charge in [-0.05, 0) is 19.8 Å². The fraction of sp³-hybridized carbons (Fsp3) is 0.733. The lowest BCUT2D eigenvalue weighted by Crippen LogP contribution is -2.59. The van der Waals surface area contributed by atoms with Gasteiger partial charge in [-0.25, -0.2) is 4.98 Å². The van der Waals surface area contributed by atoms with Gasteiger partial charge in [-0.15, -0.1) is 0 Å². The Morgan fingerprint density at radius 3 is 2.83 bits per heavy atom. The minimum Gasteiger partial charge on any atom is -0.365 e. The van der Waals surface area contributed by atoms with Gasteiger partial charge in [-0.1, -0.05) is 0 Å². The van der Waals surface area contributed by atoms with Gasteiger partial charge in [0.2, 0.25) is 0 Å². The Morgan fingerprint density at radius 2 is 2.17 bits per heavy atom. The molecule has 0 radical (unpaired) electrons. The molecule has 24 heavy (non-hydrogen) atoms. The first-order chi connectivity index (χ1) is 11.4. The average Bonchev–Trinajstić information content (AvgIpc) is 3.18. The normalized spacial score (nSPS) is 31.4. The summed E-state index contributed by atoms with van der Waals surface area (Å²) < 4.78 is 51.4. The Labute approximate surface area is 137 Å². The fourth-order valence-corrected chi connectivity index (χ4v) is 3.30. The fourth-order valence-electron chi connectivity index (χ4n) is 3.30. The SMILES string of the molecule is CC1C(C(F)(F)F)OCCN1C(=O)[C@@H]1CC[C@H](Cn2ccnc2)O1. The van der Waals surface area contributed by atoms with Gasteiger partial charge in [0.25, 0.3) is 5.91 Å². The molecule has 1 aromatic heterocycles. The van der Waals surface area contributed by atoms with Crippen LogP contribution in [0.3, 0.4) is 0 Å². The molecule has 3 rings (SSSR count). The lowest BCUT2D eigenvalue weighted by atomic mass is 10.1. The quantitative estimate of drug-likeness (QED) is 0.834. The van der Waals surface area contributed by atoms with Gasteiger partial charge in [0, 0.05) is 25.5 Å². The highest BCUT2D eigenvalue weighted by Gasteiger charge is 2.50. The largest absolute Gasteiger partial charge is 0.416 e. The number of hydrogen-bond acceptors (Lipinski definition) is 4. The molecule has 0 spiro atoms. The van der Waals surface area contributed by atoms with E-state index in [2.05, 4.69) is 4.98 Å². The minimum absolute atomic E-state index is 0.120. The maximum Gasteiger partial charge on any atom is 0.416 e. The summed E-state index contributed by atoms with van der Waals surface area (Å²) in [4.78, 5) is 17.8. The average molecular weight is 347 g/mol. The second-order valence-electron chi connectivity index (χ2n) is 6.19. The van der Waals surface area contributed by atoms with Gasteiger partial charge in [-0.3, -0.25) is 4.79 Å². The van der Waals surface area contributed by atoms with Gasteiger partial charge in [0.1, 0.15) is 6.10 Å². The first-order valence-corrected chi connectivity index (χ1v) is 7.96. The first-order valence-electron chi connectivity index (χ1n) is 7.96. The molecule has 0 saturated carbocycles. The molecular weight excluding hydrogens is 327 g/mol. The van der Waals surface area contributed by atoms with Crippen LogP contribution in [0, 0.1) is 0 Å². The summed E-state index contributed by atoms with van der Waals surface area (Å²) in [5, 5.41) is 0. The Morgan fingerprint density at radius 1 is 1.38 bits per heavy atom. The third kappa shape index (κ3) is 3.56. The number of carbonyl (C=O) groups excluding carboxylic acids is 1. The molecule has 2 unspecified atom stereocenters. The predicted octanol–water partition coefficient (Wildman–Crippen LogP) is 1.61. The van der Waals surface area contributed by atoms with Crippen LogP contribution in [0.15, 0.2) is 18.7 Å². The van der Waals surface area contributed by atoms with E-state index in [0.29, 0.717) is 19.4 Å². The Balaban J connectivity index is 1.60. The van der Waals surface area contributed by atoms with Crippen molar-refractivity contribution in [3.8, 4) is 0 Å². The van der Waals surface area contributed by atoms with Crippen molar-refractivity contribution in [1.29, 1.82) is 0 Å². The number of amides is 1. The second-order valence-corrected chi connectivity index (χ2v) is 6.19. The van der Waals surface area contributed by atoms with Crippen LogP contribution in [0.25, 0.3) is 0 Å². The van der Waals surface area contributed by atoms with Crippen molar-refractivity contribution in [2.24, 2.45) is 0 Å². The van der Waals surface area contributed by atoms with E-state index in [1.807, 2.05) is 4.57 Å². The van der Waals surface area contributed by atoms with E-state index in [9.17, 15) is 18.0 Å². The number of halogens is 3. The van der Waals surface area contributed by atoms with E-state index in [4.69, 9.17) is 9.47 Å². The molecular formula is C15H20F3N3O3. The van der Waals surface area contributed by atoms with Gasteiger partial charge < -0.3 is 18.9 Å². The molecule has 1 aromatic rings. The number of morpholine rings is 1. The zero-order chi connectivity index (χ0) is 17.3. The third-order valence-electron chi connectivity index (χ3n) is 4.52. The minimum atomic E-state index is -4.49. The highest BCUT2D eigenvalue weighted by molar-refractivity contribution is 5.81. The molecule has 1 amide bonds. The van der Waals surface area contributed by atoms with Crippen LogP contribution >= 0.6 is 0 Å². The summed E-state index contributed by atoms with van der Waals surface area (Å²) in [5.74, 6) is -0.381. The van der Waals surface area contributed by atoms with Crippen molar-refractivity contribution in [3.05, 3.63) is 18.7 Å². The van der Waals surface area contributed by atoms with Gasteiger partial charge in [0.05, 0.1) is 25.1 Å². The van der Waals surface area contributed by atoms with Crippen LogP contribution < -0.4 is 0 Å². The van der Waals surface area contributed by atoms with Crippen molar-refractivity contribution >= 4 is 5.91 Å². The van der Waals surface area contributed by atoms with E-state index in [1.54, 1.807) is 18.7 Å². The number of imidazole rings is 1. The lowest BCUT2D eigenvalue weighted by Gasteiger charge is -2.40. The Hall–Kier alpha value is -1.61. The highest BCUT2D eigenvalue weighted by Crippen LogP contribution is 2.31. The summed E-state index contributed by atoms with van der Waals surface area (Å²) in [6.45, 7) is 1.98.